The van der Waals surface area contributed by atoms with Crippen LogP contribution in [0.2, 0.25) is 0 Å². The van der Waals surface area contributed by atoms with Gasteiger partial charge in [0.15, 0.2) is 5.76 Å². The number of nitrogens with one attached hydrogen (secondary N) is 2. The number of carbonyl (C=O) groups is 3. The van der Waals surface area contributed by atoms with Gasteiger partial charge in [0.25, 0.3) is 5.91 Å². The Kier molecular flexibility index (Phi) is 9.73. The van der Waals surface area contributed by atoms with Crippen LogP contribution in [-0.2, 0) is 9.59 Å². The molecule has 0 aliphatic rings. The van der Waals surface area contributed by atoms with Crippen LogP contribution in [0.4, 0.5) is 0 Å². The lowest BCUT2D eigenvalue weighted by atomic mass is 9.92. The van der Waals surface area contributed by atoms with Gasteiger partial charge in [0.1, 0.15) is 5.76 Å². The van der Waals surface area contributed by atoms with Gasteiger partial charge in [-0.2, -0.15) is 0 Å². The Balaban J connectivity index is 1.93. The molecule has 0 spiro atoms. The molecule has 0 aliphatic carbocycles. The lowest BCUT2D eigenvalue weighted by Crippen LogP contribution is -2.49. The highest BCUT2D eigenvalue weighted by molar-refractivity contribution is 5.92. The summed E-state index contributed by atoms with van der Waals surface area (Å²) in [6.07, 6.45) is 3.03. The average molecular weight is 431 g/mol. The third-order valence-electron chi connectivity index (χ3n) is 4.95. The summed E-state index contributed by atoms with van der Waals surface area (Å²) in [5.41, 5.74) is 0.837. The Morgan fingerprint density at radius 1 is 1.13 bits per heavy atom. The van der Waals surface area contributed by atoms with Gasteiger partial charge in [-0.15, -0.1) is 0 Å². The van der Waals surface area contributed by atoms with Gasteiger partial charge in [-0.3, -0.25) is 19.6 Å². The van der Waals surface area contributed by atoms with Crippen molar-refractivity contribution in [3.05, 3.63) is 48.2 Å². The van der Waals surface area contributed by atoms with Gasteiger partial charge in [-0.05, 0) is 18.6 Å². The van der Waals surface area contributed by atoms with Crippen molar-refractivity contribution < 1.29 is 29.1 Å². The van der Waals surface area contributed by atoms with E-state index >= 15 is 0 Å². The number of aliphatic hydroxyl groups excluding tert-OH is 1. The Labute approximate surface area is 181 Å². The van der Waals surface area contributed by atoms with Crippen LogP contribution in [0.3, 0.4) is 0 Å². The summed E-state index contributed by atoms with van der Waals surface area (Å²) in [6.45, 7) is 1.27. The van der Waals surface area contributed by atoms with E-state index in [4.69, 9.17) is 4.42 Å². The zero-order chi connectivity index (χ0) is 22.6. The molecule has 31 heavy (non-hydrogen) atoms. The normalized spacial score (nSPS) is 12.6. The second-order valence-corrected chi connectivity index (χ2v) is 7.09. The summed E-state index contributed by atoms with van der Waals surface area (Å²) in [4.78, 5) is 35.8. The van der Waals surface area contributed by atoms with Crippen molar-refractivity contribution in [2.24, 2.45) is 5.92 Å². The Bertz CT molecular complexity index is 839. The van der Waals surface area contributed by atoms with Crippen molar-refractivity contribution in [1.82, 2.24) is 15.7 Å². The Morgan fingerprint density at radius 2 is 1.87 bits per heavy atom. The molecule has 0 radical (unpaired) electrons. The van der Waals surface area contributed by atoms with E-state index in [9.17, 15) is 24.7 Å². The van der Waals surface area contributed by atoms with Crippen LogP contribution in [0.25, 0.3) is 11.3 Å². The molecule has 0 saturated heterocycles. The standard InChI is InChI=1S/C22H29N3O6/c1-2-3-5-10-17(18(13-26)25(30)15-27)21(28)23-14-24-22(29)20-12-11-19(31-20)16-8-6-4-7-9-16/h4,6-9,11-12,15,17-18,26,30H,2-3,5,10,13-14H2,1H3,(H,23,28)(H,24,29). The predicted octanol–water partition coefficient (Wildman–Crippen LogP) is 2.16. The summed E-state index contributed by atoms with van der Waals surface area (Å²) in [5, 5.41) is 24.7. The fourth-order valence-electron chi connectivity index (χ4n) is 3.23. The summed E-state index contributed by atoms with van der Waals surface area (Å²) >= 11 is 0. The van der Waals surface area contributed by atoms with Gasteiger partial charge >= 0.3 is 0 Å². The van der Waals surface area contributed by atoms with Crippen molar-refractivity contribution in [3.8, 4) is 11.3 Å². The van der Waals surface area contributed by atoms with E-state index < -0.39 is 30.4 Å². The first kappa shape index (κ1) is 24.1. The number of unbranched alkanes of at least 4 members (excludes halogenated alkanes) is 2. The zero-order valence-corrected chi connectivity index (χ0v) is 17.5. The molecular formula is C22H29N3O6. The van der Waals surface area contributed by atoms with Crippen LogP contribution in [0.1, 0.15) is 43.2 Å². The minimum Gasteiger partial charge on any atom is -0.451 e. The van der Waals surface area contributed by atoms with Crippen molar-refractivity contribution in [3.63, 3.8) is 0 Å². The third kappa shape index (κ3) is 6.94. The van der Waals surface area contributed by atoms with Gasteiger partial charge in [-0.1, -0.05) is 56.5 Å². The summed E-state index contributed by atoms with van der Waals surface area (Å²) in [6, 6.07) is 11.5. The second kappa shape index (κ2) is 12.5. The highest BCUT2D eigenvalue weighted by Gasteiger charge is 2.31. The van der Waals surface area contributed by atoms with E-state index in [1.165, 1.54) is 0 Å². The van der Waals surface area contributed by atoms with E-state index in [-0.39, 0.29) is 18.8 Å². The summed E-state index contributed by atoms with van der Waals surface area (Å²) < 4.78 is 5.57. The maximum atomic E-state index is 12.6. The highest BCUT2D eigenvalue weighted by atomic mass is 16.5. The largest absolute Gasteiger partial charge is 0.451 e. The van der Waals surface area contributed by atoms with Gasteiger partial charge in [-0.25, -0.2) is 5.06 Å². The van der Waals surface area contributed by atoms with Gasteiger partial charge in [0, 0.05) is 5.56 Å². The van der Waals surface area contributed by atoms with E-state index in [0.717, 1.165) is 18.4 Å². The number of furan rings is 1. The van der Waals surface area contributed by atoms with Gasteiger partial charge < -0.3 is 20.2 Å². The second-order valence-electron chi connectivity index (χ2n) is 7.09. The van der Waals surface area contributed by atoms with Crippen LogP contribution in [0.5, 0.6) is 0 Å². The zero-order valence-electron chi connectivity index (χ0n) is 17.5. The molecule has 2 unspecified atom stereocenters. The minimum absolute atomic E-state index is 0.100. The van der Waals surface area contributed by atoms with Crippen LogP contribution in [0, 0.1) is 5.92 Å². The number of benzene rings is 1. The smallest absolute Gasteiger partial charge is 0.288 e. The monoisotopic (exact) mass is 431 g/mol. The fraction of sp³-hybridized carbons (Fsp3) is 0.409. The molecule has 3 amide bonds. The number of hydrogen-bond acceptors (Lipinski definition) is 6. The van der Waals surface area contributed by atoms with Crippen molar-refractivity contribution >= 4 is 18.2 Å². The molecule has 0 bridgehead atoms. The number of aliphatic hydroxyl groups is 1. The van der Waals surface area contributed by atoms with Gasteiger partial charge in [0.05, 0.1) is 25.2 Å². The number of nitrogens with zero attached hydrogens (tertiary/aromatic N) is 1. The molecule has 1 aromatic carbocycles. The molecule has 9 nitrogen and oxygen atoms in total. The van der Waals surface area contributed by atoms with E-state index in [1.807, 2.05) is 37.3 Å². The first-order valence-corrected chi connectivity index (χ1v) is 10.3. The Morgan fingerprint density at radius 3 is 2.52 bits per heavy atom. The third-order valence-corrected chi connectivity index (χ3v) is 4.95. The summed E-state index contributed by atoms with van der Waals surface area (Å²) in [5.74, 6) is -1.16. The first-order chi connectivity index (χ1) is 15.0. The molecule has 1 aromatic heterocycles. The predicted molar refractivity (Wildman–Crippen MR) is 113 cm³/mol. The van der Waals surface area contributed by atoms with Crippen LogP contribution < -0.4 is 10.6 Å². The van der Waals surface area contributed by atoms with Crippen molar-refractivity contribution in [2.75, 3.05) is 13.3 Å². The van der Waals surface area contributed by atoms with E-state index in [1.54, 1.807) is 12.1 Å². The number of carbonyl (C=O) groups excluding carboxylic acids is 3. The molecule has 1 heterocycles. The molecule has 2 aromatic rings. The van der Waals surface area contributed by atoms with Crippen molar-refractivity contribution in [2.45, 2.75) is 38.6 Å². The first-order valence-electron chi connectivity index (χ1n) is 10.3. The Hall–Kier alpha value is -3.17. The molecule has 0 saturated carbocycles. The van der Waals surface area contributed by atoms with Crippen LogP contribution >= 0.6 is 0 Å². The lowest BCUT2D eigenvalue weighted by Gasteiger charge is -2.28. The minimum atomic E-state index is -1.07. The molecule has 0 fully saturated rings. The maximum absolute atomic E-state index is 12.6. The topological polar surface area (TPSA) is 132 Å². The lowest BCUT2D eigenvalue weighted by molar-refractivity contribution is -0.172. The molecule has 168 valence electrons. The molecular weight excluding hydrogens is 402 g/mol. The van der Waals surface area contributed by atoms with Crippen molar-refractivity contribution in [1.29, 1.82) is 0 Å². The quantitative estimate of drug-likeness (QED) is 0.126. The number of amides is 3. The SMILES string of the molecule is CCCCCC(C(=O)NCNC(=O)c1ccc(-c2ccccc2)o1)C(CO)N(O)C=O. The highest BCUT2D eigenvalue weighted by Crippen LogP contribution is 2.21. The number of hydroxylamine groups is 2. The maximum Gasteiger partial charge on any atom is 0.288 e. The molecule has 2 rings (SSSR count). The molecule has 9 heteroatoms. The average Bonchev–Trinajstić information content (AvgIpc) is 3.29. The van der Waals surface area contributed by atoms with Crippen LogP contribution in [-0.4, -0.2) is 52.9 Å². The van der Waals surface area contributed by atoms with E-state index in [2.05, 4.69) is 10.6 Å². The molecule has 0 aliphatic heterocycles. The fourth-order valence-corrected chi connectivity index (χ4v) is 3.23. The number of hydrogen-bond donors (Lipinski definition) is 4. The summed E-state index contributed by atoms with van der Waals surface area (Å²) in [7, 11) is 0. The van der Waals surface area contributed by atoms with Crippen LogP contribution in [0.15, 0.2) is 46.9 Å². The molecule has 2 atom stereocenters. The van der Waals surface area contributed by atoms with Gasteiger partial charge in [0.2, 0.25) is 12.3 Å². The molecule has 4 N–H and O–H groups in total. The number of rotatable bonds is 13. The van der Waals surface area contributed by atoms with E-state index in [0.29, 0.717) is 23.7 Å².